The van der Waals surface area contributed by atoms with Crippen molar-refractivity contribution in [2.45, 2.75) is 39.5 Å². The van der Waals surface area contributed by atoms with Gasteiger partial charge in [0.25, 0.3) is 0 Å². The third-order valence-electron chi connectivity index (χ3n) is 3.99. The van der Waals surface area contributed by atoms with Gasteiger partial charge >= 0.3 is 0 Å². The summed E-state index contributed by atoms with van der Waals surface area (Å²) in [6.45, 7) is 11.3. The normalized spacial score (nSPS) is 12.6. The summed E-state index contributed by atoms with van der Waals surface area (Å²) in [4.78, 5) is 0. The molecule has 0 aromatic heterocycles. The second-order valence-electron chi connectivity index (χ2n) is 6.28. The van der Waals surface area contributed by atoms with Crippen LogP contribution in [0.5, 0.6) is 0 Å². The SMILES string of the molecule is CCCCC(CC)COCCOCCOCCOCCOCCOCCO. The molecule has 1 N–H and O–H groups in total. The maximum absolute atomic E-state index is 8.53. The Morgan fingerprint density at radius 2 is 1.00 bits per heavy atom. The molecule has 27 heavy (non-hydrogen) atoms. The molecule has 0 heterocycles. The summed E-state index contributed by atoms with van der Waals surface area (Å²) in [5, 5.41) is 8.53. The molecule has 7 heteroatoms. The van der Waals surface area contributed by atoms with Crippen LogP contribution in [0, 0.1) is 5.92 Å². The minimum absolute atomic E-state index is 0.0421. The van der Waals surface area contributed by atoms with E-state index in [2.05, 4.69) is 13.8 Å². The highest BCUT2D eigenvalue weighted by Gasteiger charge is 2.05. The maximum Gasteiger partial charge on any atom is 0.0701 e. The van der Waals surface area contributed by atoms with Crippen molar-refractivity contribution in [2.75, 3.05) is 85.9 Å². The summed E-state index contributed by atoms with van der Waals surface area (Å²) in [5.41, 5.74) is 0. The zero-order valence-electron chi connectivity index (χ0n) is 17.5. The van der Waals surface area contributed by atoms with Gasteiger partial charge in [-0.1, -0.05) is 33.1 Å². The molecular formula is C20H42O7. The lowest BCUT2D eigenvalue weighted by molar-refractivity contribution is -0.0198. The molecule has 0 rings (SSSR count). The van der Waals surface area contributed by atoms with Gasteiger partial charge in [0.2, 0.25) is 0 Å². The first-order valence-electron chi connectivity index (χ1n) is 10.4. The fourth-order valence-electron chi connectivity index (χ4n) is 2.31. The first-order valence-corrected chi connectivity index (χ1v) is 10.4. The summed E-state index contributed by atoms with van der Waals surface area (Å²) in [5.74, 6) is 0.679. The predicted octanol–water partition coefficient (Wildman–Crippen LogP) is 2.29. The third-order valence-corrected chi connectivity index (χ3v) is 3.99. The Bertz CT molecular complexity index is 267. The minimum atomic E-state index is 0.0421. The van der Waals surface area contributed by atoms with Gasteiger partial charge in [-0.15, -0.1) is 0 Å². The molecule has 1 atom stereocenters. The van der Waals surface area contributed by atoms with E-state index >= 15 is 0 Å². The fraction of sp³-hybridized carbons (Fsp3) is 1.00. The summed E-state index contributed by atoms with van der Waals surface area (Å²) < 4.78 is 32.4. The van der Waals surface area contributed by atoms with Gasteiger partial charge in [0, 0.05) is 6.61 Å². The van der Waals surface area contributed by atoms with E-state index in [1.165, 1.54) is 25.7 Å². The van der Waals surface area contributed by atoms with E-state index in [-0.39, 0.29) is 6.61 Å². The number of rotatable bonds is 23. The van der Waals surface area contributed by atoms with Gasteiger partial charge in [0.05, 0.1) is 79.3 Å². The molecule has 164 valence electrons. The second kappa shape index (κ2) is 23.8. The first kappa shape index (κ1) is 26.7. The Balaban J connectivity index is 3.10. The van der Waals surface area contributed by atoms with Crippen LogP contribution in [0.1, 0.15) is 39.5 Å². The average molecular weight is 395 g/mol. The van der Waals surface area contributed by atoms with Crippen LogP contribution in [0.3, 0.4) is 0 Å². The lowest BCUT2D eigenvalue weighted by atomic mass is 10.0. The zero-order valence-corrected chi connectivity index (χ0v) is 17.5. The number of aliphatic hydroxyl groups is 1. The highest BCUT2D eigenvalue weighted by atomic mass is 16.6. The first-order chi connectivity index (χ1) is 13.3. The molecule has 0 aliphatic heterocycles. The van der Waals surface area contributed by atoms with Crippen LogP contribution in [0.2, 0.25) is 0 Å². The van der Waals surface area contributed by atoms with Gasteiger partial charge in [0.1, 0.15) is 0 Å². The van der Waals surface area contributed by atoms with E-state index in [4.69, 9.17) is 33.5 Å². The van der Waals surface area contributed by atoms with Crippen molar-refractivity contribution < 1.29 is 33.5 Å². The van der Waals surface area contributed by atoms with Crippen molar-refractivity contribution in [1.29, 1.82) is 0 Å². The van der Waals surface area contributed by atoms with Crippen molar-refractivity contribution >= 4 is 0 Å². The Morgan fingerprint density at radius 1 is 0.593 bits per heavy atom. The topological polar surface area (TPSA) is 75.6 Å². The Kier molecular flexibility index (Phi) is 23.5. The summed E-state index contributed by atoms with van der Waals surface area (Å²) in [7, 11) is 0. The van der Waals surface area contributed by atoms with Crippen molar-refractivity contribution in [3.63, 3.8) is 0 Å². The highest BCUT2D eigenvalue weighted by molar-refractivity contribution is 4.55. The molecule has 0 radical (unpaired) electrons. The largest absolute Gasteiger partial charge is 0.394 e. The van der Waals surface area contributed by atoms with E-state index in [0.29, 0.717) is 78.6 Å². The van der Waals surface area contributed by atoms with E-state index < -0.39 is 0 Å². The average Bonchev–Trinajstić information content (AvgIpc) is 2.69. The van der Waals surface area contributed by atoms with Gasteiger partial charge in [-0.2, -0.15) is 0 Å². The third kappa shape index (κ3) is 21.9. The molecular weight excluding hydrogens is 352 g/mol. The molecule has 0 aliphatic rings. The lowest BCUT2D eigenvalue weighted by Gasteiger charge is -2.14. The molecule has 0 aromatic carbocycles. The number of unbranched alkanes of at least 4 members (excludes halogenated alkanes) is 1. The number of hydrogen-bond acceptors (Lipinski definition) is 7. The van der Waals surface area contributed by atoms with Crippen LogP contribution in [0.4, 0.5) is 0 Å². The minimum Gasteiger partial charge on any atom is -0.394 e. The summed E-state index contributed by atoms with van der Waals surface area (Å²) in [6.07, 6.45) is 4.98. The van der Waals surface area contributed by atoms with Crippen LogP contribution in [-0.2, 0) is 28.4 Å². The van der Waals surface area contributed by atoms with Crippen molar-refractivity contribution in [2.24, 2.45) is 5.92 Å². The molecule has 0 saturated carbocycles. The molecule has 0 saturated heterocycles. The monoisotopic (exact) mass is 394 g/mol. The molecule has 0 spiro atoms. The number of ether oxygens (including phenoxy) is 6. The second-order valence-corrected chi connectivity index (χ2v) is 6.28. The van der Waals surface area contributed by atoms with Gasteiger partial charge < -0.3 is 33.5 Å². The molecule has 0 fully saturated rings. The molecule has 1 unspecified atom stereocenters. The molecule has 7 nitrogen and oxygen atoms in total. The van der Waals surface area contributed by atoms with E-state index in [9.17, 15) is 0 Å². The van der Waals surface area contributed by atoms with Gasteiger partial charge in [0.15, 0.2) is 0 Å². The van der Waals surface area contributed by atoms with E-state index in [0.717, 1.165) is 6.61 Å². The molecule has 0 aliphatic carbocycles. The Labute approximate surface area is 165 Å². The van der Waals surface area contributed by atoms with Crippen molar-refractivity contribution in [3.05, 3.63) is 0 Å². The zero-order chi connectivity index (χ0) is 19.8. The smallest absolute Gasteiger partial charge is 0.0701 e. The number of aliphatic hydroxyl groups excluding tert-OH is 1. The van der Waals surface area contributed by atoms with E-state index in [1.54, 1.807) is 0 Å². The van der Waals surface area contributed by atoms with Crippen LogP contribution in [0.25, 0.3) is 0 Å². The van der Waals surface area contributed by atoms with Gasteiger partial charge in [-0.3, -0.25) is 0 Å². The van der Waals surface area contributed by atoms with Crippen LogP contribution in [-0.4, -0.2) is 91.0 Å². The van der Waals surface area contributed by atoms with E-state index in [1.807, 2.05) is 0 Å². The number of hydrogen-bond donors (Lipinski definition) is 1. The van der Waals surface area contributed by atoms with Crippen LogP contribution < -0.4 is 0 Å². The quantitative estimate of drug-likeness (QED) is 0.267. The standard InChI is InChI=1S/C20H42O7/c1-3-5-6-20(4-2)19-27-18-17-26-16-15-25-14-13-24-12-11-23-10-9-22-8-7-21/h20-21H,3-19H2,1-2H3. The summed E-state index contributed by atoms with van der Waals surface area (Å²) >= 11 is 0. The molecule has 0 bridgehead atoms. The lowest BCUT2D eigenvalue weighted by Crippen LogP contribution is -2.15. The van der Waals surface area contributed by atoms with Crippen LogP contribution in [0.15, 0.2) is 0 Å². The van der Waals surface area contributed by atoms with Crippen molar-refractivity contribution in [3.8, 4) is 0 Å². The maximum atomic E-state index is 8.53. The Morgan fingerprint density at radius 3 is 1.37 bits per heavy atom. The highest BCUT2D eigenvalue weighted by Crippen LogP contribution is 2.12. The predicted molar refractivity (Wildman–Crippen MR) is 105 cm³/mol. The Hall–Kier alpha value is -0.280. The van der Waals surface area contributed by atoms with Crippen molar-refractivity contribution in [1.82, 2.24) is 0 Å². The van der Waals surface area contributed by atoms with Gasteiger partial charge in [-0.05, 0) is 12.3 Å². The fourth-order valence-corrected chi connectivity index (χ4v) is 2.31. The van der Waals surface area contributed by atoms with Gasteiger partial charge in [-0.25, -0.2) is 0 Å². The molecule has 0 aromatic rings. The molecule has 0 amide bonds. The van der Waals surface area contributed by atoms with Crippen LogP contribution >= 0.6 is 0 Å². The summed E-state index contributed by atoms with van der Waals surface area (Å²) in [6, 6.07) is 0.